The van der Waals surface area contributed by atoms with Crippen LogP contribution in [0.2, 0.25) is 5.02 Å². The van der Waals surface area contributed by atoms with Crippen molar-refractivity contribution < 1.29 is 4.74 Å². The van der Waals surface area contributed by atoms with Gasteiger partial charge in [0.05, 0.1) is 17.8 Å². The zero-order valence-electron chi connectivity index (χ0n) is 15.9. The standard InChI is InChI=1S/C23H20ClN3O2/c1-25-22-20-11-10-17(24)14-21(20)27(23(28)26-22)18-8-5-9-19(15-18)29-13-12-16-6-3-2-4-7-16/h2-11,14-15H,12-13H2,1H3,(H,25,26,28). The van der Waals surface area contributed by atoms with Crippen LogP contribution in [0, 0.1) is 0 Å². The summed E-state index contributed by atoms with van der Waals surface area (Å²) in [6.07, 6.45) is 0.808. The summed E-state index contributed by atoms with van der Waals surface area (Å²) in [5.74, 6) is 1.21. The second-order valence-corrected chi connectivity index (χ2v) is 7.01. The summed E-state index contributed by atoms with van der Waals surface area (Å²) in [7, 11) is 1.74. The van der Waals surface area contributed by atoms with Gasteiger partial charge in [-0.05, 0) is 35.9 Å². The molecule has 4 rings (SSSR count). The predicted molar refractivity (Wildman–Crippen MR) is 118 cm³/mol. The quantitative estimate of drug-likeness (QED) is 0.505. The number of ether oxygens (including phenoxy) is 1. The number of nitrogens with one attached hydrogen (secondary N) is 1. The van der Waals surface area contributed by atoms with E-state index in [-0.39, 0.29) is 5.69 Å². The molecule has 0 saturated carbocycles. The predicted octanol–water partition coefficient (Wildman–Crippen LogP) is 4.70. The van der Waals surface area contributed by atoms with Crippen LogP contribution in [0.25, 0.3) is 16.6 Å². The average Bonchev–Trinajstić information content (AvgIpc) is 2.74. The number of aromatic nitrogens is 2. The zero-order chi connectivity index (χ0) is 20.2. The van der Waals surface area contributed by atoms with Crippen LogP contribution in [-0.4, -0.2) is 23.2 Å². The van der Waals surface area contributed by atoms with Gasteiger partial charge >= 0.3 is 5.69 Å². The van der Waals surface area contributed by atoms with Gasteiger partial charge < -0.3 is 10.1 Å². The van der Waals surface area contributed by atoms with Crippen LogP contribution in [0.15, 0.2) is 77.6 Å². The minimum absolute atomic E-state index is 0.384. The highest BCUT2D eigenvalue weighted by atomic mass is 35.5. The summed E-state index contributed by atoms with van der Waals surface area (Å²) in [5.41, 5.74) is 2.19. The summed E-state index contributed by atoms with van der Waals surface area (Å²) in [6.45, 7) is 0.548. The molecule has 0 radical (unpaired) electrons. The van der Waals surface area contributed by atoms with Crippen LogP contribution < -0.4 is 15.7 Å². The monoisotopic (exact) mass is 405 g/mol. The second kappa shape index (κ2) is 8.37. The van der Waals surface area contributed by atoms with Gasteiger partial charge in [0, 0.05) is 29.9 Å². The molecule has 0 fully saturated rings. The number of hydrogen-bond donors (Lipinski definition) is 1. The molecule has 1 heterocycles. The molecule has 0 amide bonds. The maximum Gasteiger partial charge on any atom is 0.354 e. The first-order valence-electron chi connectivity index (χ1n) is 9.33. The number of anilines is 1. The van der Waals surface area contributed by atoms with Crippen molar-refractivity contribution in [1.29, 1.82) is 0 Å². The number of nitrogens with zero attached hydrogens (tertiary/aromatic N) is 2. The van der Waals surface area contributed by atoms with E-state index in [0.29, 0.717) is 34.4 Å². The van der Waals surface area contributed by atoms with E-state index in [1.54, 1.807) is 23.7 Å². The van der Waals surface area contributed by atoms with Crippen molar-refractivity contribution in [2.75, 3.05) is 19.0 Å². The van der Waals surface area contributed by atoms with Gasteiger partial charge in [0.25, 0.3) is 0 Å². The zero-order valence-corrected chi connectivity index (χ0v) is 16.7. The maximum atomic E-state index is 12.8. The maximum absolute atomic E-state index is 12.8. The molecule has 4 aromatic rings. The lowest BCUT2D eigenvalue weighted by Gasteiger charge is -2.14. The molecule has 5 nitrogen and oxygen atoms in total. The van der Waals surface area contributed by atoms with Crippen molar-refractivity contribution in [3.05, 3.63) is 93.9 Å². The molecule has 0 bridgehead atoms. The van der Waals surface area contributed by atoms with E-state index in [1.165, 1.54) is 5.56 Å². The third-order valence-corrected chi connectivity index (χ3v) is 4.90. The molecule has 0 aliphatic carbocycles. The smallest absolute Gasteiger partial charge is 0.354 e. The Balaban J connectivity index is 1.68. The lowest BCUT2D eigenvalue weighted by molar-refractivity contribution is 0.322. The van der Waals surface area contributed by atoms with Gasteiger partial charge in [-0.15, -0.1) is 0 Å². The minimum Gasteiger partial charge on any atom is -0.493 e. The lowest BCUT2D eigenvalue weighted by Crippen LogP contribution is -2.23. The van der Waals surface area contributed by atoms with Crippen molar-refractivity contribution in [2.45, 2.75) is 6.42 Å². The molecular weight excluding hydrogens is 386 g/mol. The Hall–Kier alpha value is -3.31. The summed E-state index contributed by atoms with van der Waals surface area (Å²) in [5, 5.41) is 4.33. The van der Waals surface area contributed by atoms with Gasteiger partial charge in [-0.25, -0.2) is 4.79 Å². The summed E-state index contributed by atoms with van der Waals surface area (Å²) in [6, 6.07) is 23.0. The van der Waals surface area contributed by atoms with E-state index >= 15 is 0 Å². The summed E-state index contributed by atoms with van der Waals surface area (Å²) < 4.78 is 7.47. The Labute approximate surface area is 173 Å². The molecular formula is C23H20ClN3O2. The number of fused-ring (bicyclic) bond motifs is 1. The minimum atomic E-state index is -0.384. The van der Waals surface area contributed by atoms with Crippen LogP contribution >= 0.6 is 11.6 Å². The fourth-order valence-electron chi connectivity index (χ4n) is 3.28. The molecule has 0 unspecified atom stereocenters. The van der Waals surface area contributed by atoms with Crippen LogP contribution in [-0.2, 0) is 6.42 Å². The van der Waals surface area contributed by atoms with E-state index in [9.17, 15) is 4.79 Å². The average molecular weight is 406 g/mol. The molecule has 6 heteroatoms. The highest BCUT2D eigenvalue weighted by Gasteiger charge is 2.12. The Morgan fingerprint density at radius 2 is 1.86 bits per heavy atom. The van der Waals surface area contributed by atoms with Crippen LogP contribution in [0.5, 0.6) is 5.75 Å². The first-order valence-corrected chi connectivity index (χ1v) is 9.71. The third kappa shape index (κ3) is 4.10. The molecule has 1 aromatic heterocycles. The molecule has 0 spiro atoms. The van der Waals surface area contributed by atoms with E-state index in [0.717, 1.165) is 11.8 Å². The van der Waals surface area contributed by atoms with Crippen molar-refractivity contribution in [3.8, 4) is 11.4 Å². The van der Waals surface area contributed by atoms with Gasteiger partial charge in [0.15, 0.2) is 0 Å². The van der Waals surface area contributed by atoms with Crippen molar-refractivity contribution in [3.63, 3.8) is 0 Å². The first-order chi connectivity index (χ1) is 14.2. The molecule has 146 valence electrons. The molecule has 1 N–H and O–H groups in total. The number of benzene rings is 3. The van der Waals surface area contributed by atoms with Gasteiger partial charge in [-0.3, -0.25) is 4.57 Å². The van der Waals surface area contributed by atoms with Crippen molar-refractivity contribution in [1.82, 2.24) is 9.55 Å². The van der Waals surface area contributed by atoms with E-state index < -0.39 is 0 Å². The molecule has 29 heavy (non-hydrogen) atoms. The molecule has 0 saturated heterocycles. The largest absolute Gasteiger partial charge is 0.493 e. The highest BCUT2D eigenvalue weighted by molar-refractivity contribution is 6.31. The van der Waals surface area contributed by atoms with E-state index in [2.05, 4.69) is 22.4 Å². The first kappa shape index (κ1) is 19.0. The Kier molecular flexibility index (Phi) is 5.49. The summed E-state index contributed by atoms with van der Waals surface area (Å²) in [4.78, 5) is 16.9. The van der Waals surface area contributed by atoms with Crippen molar-refractivity contribution >= 4 is 28.3 Å². The van der Waals surface area contributed by atoms with E-state index in [4.69, 9.17) is 16.3 Å². The molecule has 0 aliphatic rings. The highest BCUT2D eigenvalue weighted by Crippen LogP contribution is 2.26. The molecule has 3 aromatic carbocycles. The molecule has 0 atom stereocenters. The van der Waals surface area contributed by atoms with Crippen LogP contribution in [0.4, 0.5) is 5.82 Å². The van der Waals surface area contributed by atoms with E-state index in [1.807, 2.05) is 48.5 Å². The lowest BCUT2D eigenvalue weighted by atomic mass is 10.2. The Morgan fingerprint density at radius 1 is 1.03 bits per heavy atom. The van der Waals surface area contributed by atoms with Gasteiger partial charge in [-0.1, -0.05) is 48.0 Å². The van der Waals surface area contributed by atoms with Gasteiger partial charge in [0.2, 0.25) is 0 Å². The molecule has 0 aliphatic heterocycles. The fourth-order valence-corrected chi connectivity index (χ4v) is 3.45. The van der Waals surface area contributed by atoms with Crippen LogP contribution in [0.1, 0.15) is 5.56 Å². The SMILES string of the molecule is CNc1nc(=O)n(-c2cccc(OCCc3ccccc3)c2)c2cc(Cl)ccc12. The fraction of sp³-hybridized carbons (Fsp3) is 0.130. The number of halogens is 1. The Bertz CT molecular complexity index is 1210. The van der Waals surface area contributed by atoms with Crippen LogP contribution in [0.3, 0.4) is 0 Å². The Morgan fingerprint density at radius 3 is 2.66 bits per heavy atom. The van der Waals surface area contributed by atoms with Crippen molar-refractivity contribution in [2.24, 2.45) is 0 Å². The summed E-state index contributed by atoms with van der Waals surface area (Å²) >= 11 is 6.20. The van der Waals surface area contributed by atoms with Gasteiger partial charge in [-0.2, -0.15) is 4.98 Å². The second-order valence-electron chi connectivity index (χ2n) is 6.57. The number of rotatable bonds is 6. The normalized spacial score (nSPS) is 10.8. The third-order valence-electron chi connectivity index (χ3n) is 4.67. The number of hydrogen-bond acceptors (Lipinski definition) is 4. The van der Waals surface area contributed by atoms with Gasteiger partial charge in [0.1, 0.15) is 11.6 Å². The topological polar surface area (TPSA) is 56.2 Å².